The van der Waals surface area contributed by atoms with Crippen LogP contribution in [0.25, 0.3) is 16.7 Å². The molecule has 3 aromatic heterocycles. The average molecular weight is 323 g/mol. The van der Waals surface area contributed by atoms with E-state index >= 15 is 0 Å². The number of carbonyl (C=O) groups excluding carboxylic acids is 1. The molecule has 0 fully saturated rings. The van der Waals surface area contributed by atoms with E-state index in [1.165, 1.54) is 15.0 Å². The van der Waals surface area contributed by atoms with Gasteiger partial charge >= 0.3 is 0 Å². The monoisotopic (exact) mass is 323 g/mol. The number of pyridine rings is 2. The molecule has 0 aliphatic heterocycles. The molecule has 0 saturated carbocycles. The summed E-state index contributed by atoms with van der Waals surface area (Å²) in [7, 11) is 0. The molecule has 3 rings (SSSR count). The lowest BCUT2D eigenvalue weighted by molar-refractivity contribution is 0.0953. The van der Waals surface area contributed by atoms with Crippen LogP contribution in [0.5, 0.6) is 0 Å². The number of carbonyl (C=O) groups is 1. The van der Waals surface area contributed by atoms with Crippen LogP contribution in [-0.4, -0.2) is 26.4 Å². The summed E-state index contributed by atoms with van der Waals surface area (Å²) in [5.74, 6) is -0.389. The second-order valence-electron chi connectivity index (χ2n) is 5.25. The minimum absolute atomic E-state index is 0.000492. The number of nitrogens with zero attached hydrogens (tertiary/aromatic N) is 3. The standard InChI is InChI=1S/C17H17N5O2/c1-3-8-22-14(18)11(16(23)19-4-2)10-12-15(22)20-13-7-5-6-9-21(13)17(12)24/h3,5-7,9-10,18H,1,4,8H2,2H3,(H,19,23). The molecule has 3 heterocycles. The molecule has 0 unspecified atom stereocenters. The van der Waals surface area contributed by atoms with E-state index < -0.39 is 0 Å². The molecule has 1 amide bonds. The largest absolute Gasteiger partial charge is 0.352 e. The maximum absolute atomic E-state index is 12.8. The third-order valence-corrected chi connectivity index (χ3v) is 3.71. The second-order valence-corrected chi connectivity index (χ2v) is 5.25. The van der Waals surface area contributed by atoms with Gasteiger partial charge < -0.3 is 9.88 Å². The Morgan fingerprint density at radius 1 is 1.46 bits per heavy atom. The van der Waals surface area contributed by atoms with Gasteiger partial charge in [0.1, 0.15) is 16.8 Å². The summed E-state index contributed by atoms with van der Waals surface area (Å²) in [6.45, 7) is 6.19. The molecule has 0 aliphatic carbocycles. The molecule has 2 N–H and O–H groups in total. The number of rotatable bonds is 4. The predicted octanol–water partition coefficient (Wildman–Crippen LogP) is 1.06. The lowest BCUT2D eigenvalue weighted by atomic mass is 10.2. The van der Waals surface area contributed by atoms with E-state index in [0.29, 0.717) is 17.8 Å². The molecule has 0 aliphatic rings. The zero-order valence-electron chi connectivity index (χ0n) is 13.2. The Labute approximate surface area is 137 Å². The van der Waals surface area contributed by atoms with Crippen LogP contribution in [0.1, 0.15) is 17.3 Å². The quantitative estimate of drug-likeness (QED) is 0.555. The molecule has 122 valence electrons. The zero-order valence-corrected chi connectivity index (χ0v) is 13.2. The molecule has 0 bridgehead atoms. The first-order valence-electron chi connectivity index (χ1n) is 7.57. The smallest absolute Gasteiger partial charge is 0.267 e. The minimum Gasteiger partial charge on any atom is -0.352 e. The van der Waals surface area contributed by atoms with E-state index in [9.17, 15) is 9.59 Å². The molecule has 7 nitrogen and oxygen atoms in total. The first-order chi connectivity index (χ1) is 11.6. The highest BCUT2D eigenvalue weighted by Gasteiger charge is 2.16. The van der Waals surface area contributed by atoms with Crippen LogP contribution in [-0.2, 0) is 6.54 Å². The van der Waals surface area contributed by atoms with E-state index in [1.807, 2.05) is 0 Å². The highest BCUT2D eigenvalue weighted by atomic mass is 16.1. The fourth-order valence-electron chi connectivity index (χ4n) is 2.62. The van der Waals surface area contributed by atoms with E-state index in [0.717, 1.165) is 0 Å². The Morgan fingerprint density at radius 3 is 2.96 bits per heavy atom. The van der Waals surface area contributed by atoms with E-state index in [-0.39, 0.29) is 34.4 Å². The first-order valence-corrected chi connectivity index (χ1v) is 7.57. The Kier molecular flexibility index (Phi) is 3.99. The van der Waals surface area contributed by atoms with Crippen molar-refractivity contribution in [1.29, 1.82) is 5.41 Å². The van der Waals surface area contributed by atoms with Gasteiger partial charge in [-0.05, 0) is 25.1 Å². The summed E-state index contributed by atoms with van der Waals surface area (Å²) >= 11 is 0. The first kappa shape index (κ1) is 15.7. The maximum atomic E-state index is 12.8. The van der Waals surface area contributed by atoms with Crippen molar-refractivity contribution in [1.82, 2.24) is 19.3 Å². The summed E-state index contributed by atoms with van der Waals surface area (Å²) in [6, 6.07) is 6.69. The zero-order chi connectivity index (χ0) is 17.3. The lowest BCUT2D eigenvalue weighted by Gasteiger charge is -2.13. The molecule has 0 radical (unpaired) electrons. The molecule has 24 heavy (non-hydrogen) atoms. The van der Waals surface area contributed by atoms with Gasteiger partial charge in [-0.3, -0.25) is 19.4 Å². The molecule has 3 aromatic rings. The van der Waals surface area contributed by atoms with Gasteiger partial charge in [-0.15, -0.1) is 6.58 Å². The van der Waals surface area contributed by atoms with Gasteiger partial charge in [-0.2, -0.15) is 0 Å². The van der Waals surface area contributed by atoms with Gasteiger partial charge in [0.2, 0.25) is 0 Å². The van der Waals surface area contributed by atoms with Crippen LogP contribution in [0.3, 0.4) is 0 Å². The summed E-state index contributed by atoms with van der Waals surface area (Å²) in [5.41, 5.74) is 0.711. The van der Waals surface area contributed by atoms with Crippen molar-refractivity contribution in [3.05, 3.63) is 64.5 Å². The normalized spacial score (nSPS) is 10.9. The van der Waals surface area contributed by atoms with Crippen LogP contribution in [0.15, 0.2) is 47.9 Å². The maximum Gasteiger partial charge on any atom is 0.267 e. The summed E-state index contributed by atoms with van der Waals surface area (Å²) in [5, 5.41) is 11.3. The molecule has 0 spiro atoms. The van der Waals surface area contributed by atoms with Gasteiger partial charge in [0, 0.05) is 19.3 Å². The summed E-state index contributed by atoms with van der Waals surface area (Å²) in [6.07, 6.45) is 3.23. The number of hydrogen-bond acceptors (Lipinski definition) is 4. The number of fused-ring (bicyclic) bond motifs is 2. The molecule has 0 atom stereocenters. The number of aromatic nitrogens is 3. The minimum atomic E-state index is -0.389. The van der Waals surface area contributed by atoms with E-state index in [1.54, 1.807) is 37.4 Å². The third-order valence-electron chi connectivity index (χ3n) is 3.71. The summed E-state index contributed by atoms with van der Waals surface area (Å²) < 4.78 is 2.94. The Morgan fingerprint density at radius 2 is 2.25 bits per heavy atom. The molecule has 0 saturated heterocycles. The molecule has 0 aromatic carbocycles. The van der Waals surface area contributed by atoms with Gasteiger partial charge in [-0.1, -0.05) is 12.1 Å². The van der Waals surface area contributed by atoms with Crippen molar-refractivity contribution in [3.63, 3.8) is 0 Å². The van der Waals surface area contributed by atoms with Crippen molar-refractivity contribution in [2.75, 3.05) is 6.54 Å². The van der Waals surface area contributed by atoms with Crippen LogP contribution in [0, 0.1) is 5.41 Å². The van der Waals surface area contributed by atoms with Crippen LogP contribution in [0.2, 0.25) is 0 Å². The van der Waals surface area contributed by atoms with Gasteiger partial charge in [0.15, 0.2) is 0 Å². The third kappa shape index (κ3) is 2.40. The Bertz CT molecular complexity index is 1080. The lowest BCUT2D eigenvalue weighted by Crippen LogP contribution is -2.34. The Hall–Kier alpha value is -3.22. The van der Waals surface area contributed by atoms with E-state index in [2.05, 4.69) is 16.9 Å². The fourth-order valence-corrected chi connectivity index (χ4v) is 2.62. The van der Waals surface area contributed by atoms with Crippen molar-refractivity contribution >= 4 is 22.6 Å². The van der Waals surface area contributed by atoms with Crippen molar-refractivity contribution in [2.24, 2.45) is 0 Å². The highest BCUT2D eigenvalue weighted by molar-refractivity contribution is 5.96. The van der Waals surface area contributed by atoms with Crippen molar-refractivity contribution < 1.29 is 4.79 Å². The van der Waals surface area contributed by atoms with Crippen LogP contribution < -0.4 is 16.4 Å². The molecular weight excluding hydrogens is 306 g/mol. The SMILES string of the molecule is C=CCn1c(=N)c(C(=O)NCC)cc2c(=O)n3ccccc3nc21. The number of amides is 1. The number of allylic oxidation sites excluding steroid dienone is 1. The van der Waals surface area contributed by atoms with Crippen LogP contribution >= 0.6 is 0 Å². The van der Waals surface area contributed by atoms with Crippen molar-refractivity contribution in [2.45, 2.75) is 13.5 Å². The van der Waals surface area contributed by atoms with Gasteiger partial charge in [-0.25, -0.2) is 4.98 Å². The van der Waals surface area contributed by atoms with Crippen molar-refractivity contribution in [3.8, 4) is 0 Å². The van der Waals surface area contributed by atoms with Crippen LogP contribution in [0.4, 0.5) is 0 Å². The summed E-state index contributed by atoms with van der Waals surface area (Å²) in [4.78, 5) is 29.5. The average Bonchev–Trinajstić information content (AvgIpc) is 2.58. The van der Waals surface area contributed by atoms with E-state index in [4.69, 9.17) is 5.41 Å². The second kappa shape index (κ2) is 6.11. The number of hydrogen-bond donors (Lipinski definition) is 2. The van der Waals surface area contributed by atoms with Gasteiger partial charge in [0.05, 0.1) is 10.9 Å². The Balaban J connectivity index is 2.48. The predicted molar refractivity (Wildman–Crippen MR) is 91.0 cm³/mol. The topological polar surface area (TPSA) is 92.2 Å². The molecule has 7 heteroatoms. The number of nitrogens with one attached hydrogen (secondary N) is 2. The van der Waals surface area contributed by atoms with Gasteiger partial charge in [0.25, 0.3) is 11.5 Å². The fraction of sp³-hybridized carbons (Fsp3) is 0.176. The molecular formula is C17H17N5O2. The highest BCUT2D eigenvalue weighted by Crippen LogP contribution is 2.10.